The van der Waals surface area contributed by atoms with Gasteiger partial charge in [-0.25, -0.2) is 9.18 Å². The van der Waals surface area contributed by atoms with Crippen LogP contribution in [0.15, 0.2) is 66.7 Å². The standard InChI is InChI=1S/C27H26FNO6/c28-23-10-9-16(13-17(23)14-25(31)32)26(33)24(30)11-12-29-27(34)35-15-22-20-7-3-1-5-18(20)19-6-2-4-8-21(19)22/h1-10,13,22,24,26,30,33H,11-12,14-15H2,(H,29,34)(H,31,32). The maximum Gasteiger partial charge on any atom is 0.407 e. The molecule has 0 spiro atoms. The molecule has 1 aliphatic rings. The second-order valence-electron chi connectivity index (χ2n) is 8.47. The van der Waals surface area contributed by atoms with E-state index in [2.05, 4.69) is 5.32 Å². The number of carboxylic acid groups (broad SMARTS) is 1. The fourth-order valence-electron chi connectivity index (χ4n) is 4.43. The first-order chi connectivity index (χ1) is 16.8. The van der Waals surface area contributed by atoms with Gasteiger partial charge in [0.1, 0.15) is 18.5 Å². The van der Waals surface area contributed by atoms with Crippen LogP contribution in [0.2, 0.25) is 0 Å². The van der Waals surface area contributed by atoms with Crippen molar-refractivity contribution in [1.82, 2.24) is 5.32 Å². The van der Waals surface area contributed by atoms with Crippen LogP contribution in [0.1, 0.15) is 40.7 Å². The zero-order valence-electron chi connectivity index (χ0n) is 18.9. The Bertz CT molecular complexity index is 1180. The lowest BCUT2D eigenvalue weighted by Gasteiger charge is -2.19. The Morgan fingerprint density at radius 3 is 2.23 bits per heavy atom. The highest BCUT2D eigenvalue weighted by atomic mass is 19.1. The van der Waals surface area contributed by atoms with Crippen molar-refractivity contribution in [1.29, 1.82) is 0 Å². The quantitative estimate of drug-likeness (QED) is 0.371. The number of hydrogen-bond acceptors (Lipinski definition) is 5. The molecule has 7 nitrogen and oxygen atoms in total. The van der Waals surface area contributed by atoms with E-state index in [0.717, 1.165) is 28.3 Å². The fourth-order valence-corrected chi connectivity index (χ4v) is 4.43. The van der Waals surface area contributed by atoms with E-state index in [9.17, 15) is 24.2 Å². The summed E-state index contributed by atoms with van der Waals surface area (Å²) >= 11 is 0. The number of carbonyl (C=O) groups is 2. The Balaban J connectivity index is 1.28. The largest absolute Gasteiger partial charge is 0.481 e. The number of benzene rings is 3. The van der Waals surface area contributed by atoms with Crippen molar-refractivity contribution >= 4 is 12.1 Å². The number of amides is 1. The van der Waals surface area contributed by atoms with Crippen LogP contribution in [0.5, 0.6) is 0 Å². The molecule has 0 radical (unpaired) electrons. The van der Waals surface area contributed by atoms with Crippen molar-refractivity contribution in [3.05, 3.63) is 94.8 Å². The van der Waals surface area contributed by atoms with E-state index in [-0.39, 0.29) is 36.6 Å². The fraction of sp³-hybridized carbons (Fsp3) is 0.259. The number of aliphatic hydroxyl groups is 2. The van der Waals surface area contributed by atoms with Gasteiger partial charge < -0.3 is 25.4 Å². The zero-order chi connectivity index (χ0) is 24.9. The van der Waals surface area contributed by atoms with Crippen LogP contribution >= 0.6 is 0 Å². The van der Waals surface area contributed by atoms with Crippen LogP contribution in [-0.2, 0) is 16.0 Å². The lowest BCUT2D eigenvalue weighted by Crippen LogP contribution is -2.30. The van der Waals surface area contributed by atoms with Gasteiger partial charge in [0.05, 0.1) is 12.5 Å². The molecule has 0 heterocycles. The minimum absolute atomic E-state index is 0.0109. The summed E-state index contributed by atoms with van der Waals surface area (Å²) < 4.78 is 19.2. The summed E-state index contributed by atoms with van der Waals surface area (Å²) in [6.07, 6.45) is -3.79. The Hall–Kier alpha value is -3.75. The van der Waals surface area contributed by atoms with Gasteiger partial charge in [-0.2, -0.15) is 0 Å². The molecular formula is C27H26FNO6. The minimum atomic E-state index is -1.37. The van der Waals surface area contributed by atoms with Crippen LogP contribution in [0.4, 0.5) is 9.18 Å². The van der Waals surface area contributed by atoms with E-state index in [4.69, 9.17) is 9.84 Å². The molecule has 4 N–H and O–H groups in total. The molecule has 2 atom stereocenters. The second-order valence-corrected chi connectivity index (χ2v) is 8.47. The van der Waals surface area contributed by atoms with Crippen LogP contribution in [0.3, 0.4) is 0 Å². The molecule has 0 aliphatic heterocycles. The summed E-state index contributed by atoms with van der Waals surface area (Å²) in [5.41, 5.74) is 4.56. The minimum Gasteiger partial charge on any atom is -0.481 e. The summed E-state index contributed by atoms with van der Waals surface area (Å²) in [7, 11) is 0. The number of carbonyl (C=O) groups excluding carboxylic acids is 1. The van der Waals surface area contributed by atoms with Crippen LogP contribution in [-0.4, -0.2) is 46.6 Å². The normalized spacial score (nSPS) is 14.0. The number of halogens is 1. The summed E-state index contributed by atoms with van der Waals surface area (Å²) in [6.45, 7) is 0.199. The molecule has 1 aliphatic carbocycles. The molecule has 1 amide bonds. The molecular weight excluding hydrogens is 453 g/mol. The molecule has 3 aromatic carbocycles. The number of aliphatic carboxylic acids is 1. The highest BCUT2D eigenvalue weighted by molar-refractivity contribution is 5.79. The number of alkyl carbamates (subject to hydrolysis) is 1. The highest BCUT2D eigenvalue weighted by Gasteiger charge is 2.29. The Morgan fingerprint density at radius 2 is 1.60 bits per heavy atom. The third-order valence-corrected chi connectivity index (χ3v) is 6.17. The van der Waals surface area contributed by atoms with Gasteiger partial charge in [-0.3, -0.25) is 4.79 Å². The third-order valence-electron chi connectivity index (χ3n) is 6.17. The molecule has 0 fully saturated rings. The van der Waals surface area contributed by atoms with Crippen molar-refractivity contribution in [2.24, 2.45) is 0 Å². The number of hydrogen-bond donors (Lipinski definition) is 4. The van der Waals surface area contributed by atoms with Gasteiger partial charge in [-0.1, -0.05) is 54.6 Å². The average Bonchev–Trinajstić information content (AvgIpc) is 3.17. The average molecular weight is 480 g/mol. The maximum absolute atomic E-state index is 13.8. The van der Waals surface area contributed by atoms with Gasteiger partial charge in [0.15, 0.2) is 0 Å². The van der Waals surface area contributed by atoms with Crippen LogP contribution in [0.25, 0.3) is 11.1 Å². The third kappa shape index (κ3) is 5.50. The summed E-state index contributed by atoms with van der Waals surface area (Å²) in [5.74, 6) is -1.97. The smallest absolute Gasteiger partial charge is 0.407 e. The first kappa shape index (κ1) is 24.4. The number of ether oxygens (including phenoxy) is 1. The van der Waals surface area contributed by atoms with E-state index in [1.165, 1.54) is 12.1 Å². The molecule has 0 saturated heterocycles. The zero-order valence-corrected chi connectivity index (χ0v) is 18.9. The molecule has 182 valence electrons. The van der Waals surface area contributed by atoms with Crippen molar-refractivity contribution < 1.29 is 34.0 Å². The number of rotatable bonds is 9. The number of fused-ring (bicyclic) bond motifs is 3. The Labute approximate surface area is 201 Å². The predicted molar refractivity (Wildman–Crippen MR) is 126 cm³/mol. The molecule has 8 heteroatoms. The predicted octanol–water partition coefficient (Wildman–Crippen LogP) is 3.78. The van der Waals surface area contributed by atoms with E-state index in [0.29, 0.717) is 0 Å². The molecule has 0 bridgehead atoms. The molecule has 0 aromatic heterocycles. The molecule has 35 heavy (non-hydrogen) atoms. The molecule has 0 saturated carbocycles. The topological polar surface area (TPSA) is 116 Å². The van der Waals surface area contributed by atoms with Gasteiger partial charge in [0.25, 0.3) is 0 Å². The summed E-state index contributed by atoms with van der Waals surface area (Å²) in [5, 5.41) is 32.1. The monoisotopic (exact) mass is 479 g/mol. The molecule has 3 aromatic rings. The Kier molecular flexibility index (Phi) is 7.43. The lowest BCUT2D eigenvalue weighted by molar-refractivity contribution is -0.136. The van der Waals surface area contributed by atoms with Gasteiger partial charge in [-0.15, -0.1) is 0 Å². The van der Waals surface area contributed by atoms with Gasteiger partial charge in [-0.05, 0) is 51.9 Å². The Morgan fingerprint density at radius 1 is 0.971 bits per heavy atom. The van der Waals surface area contributed by atoms with Crippen molar-refractivity contribution in [2.45, 2.75) is 31.0 Å². The lowest BCUT2D eigenvalue weighted by atomic mass is 9.98. The summed E-state index contributed by atoms with van der Waals surface area (Å²) in [4.78, 5) is 23.1. The van der Waals surface area contributed by atoms with Crippen molar-refractivity contribution in [3.63, 3.8) is 0 Å². The van der Waals surface area contributed by atoms with Crippen LogP contribution < -0.4 is 5.32 Å². The number of aliphatic hydroxyl groups excluding tert-OH is 2. The van der Waals surface area contributed by atoms with Gasteiger partial charge in [0.2, 0.25) is 0 Å². The van der Waals surface area contributed by atoms with Crippen molar-refractivity contribution in [2.75, 3.05) is 13.2 Å². The van der Waals surface area contributed by atoms with E-state index >= 15 is 0 Å². The van der Waals surface area contributed by atoms with E-state index in [1.54, 1.807) is 0 Å². The van der Waals surface area contributed by atoms with Crippen molar-refractivity contribution in [3.8, 4) is 11.1 Å². The first-order valence-electron chi connectivity index (χ1n) is 11.3. The number of carboxylic acids is 1. The highest BCUT2D eigenvalue weighted by Crippen LogP contribution is 2.44. The first-order valence-corrected chi connectivity index (χ1v) is 11.3. The molecule has 2 unspecified atom stereocenters. The molecule has 4 rings (SSSR count). The number of nitrogens with one attached hydrogen (secondary N) is 1. The van der Waals surface area contributed by atoms with Gasteiger partial charge in [0, 0.05) is 12.5 Å². The van der Waals surface area contributed by atoms with E-state index in [1.807, 2.05) is 48.5 Å². The second kappa shape index (κ2) is 10.7. The summed E-state index contributed by atoms with van der Waals surface area (Å²) in [6, 6.07) is 19.6. The maximum atomic E-state index is 13.8. The van der Waals surface area contributed by atoms with Gasteiger partial charge >= 0.3 is 12.1 Å². The van der Waals surface area contributed by atoms with E-state index < -0.39 is 36.5 Å². The van der Waals surface area contributed by atoms with Crippen LogP contribution in [0, 0.1) is 5.82 Å². The SMILES string of the molecule is O=C(O)Cc1cc(C(O)C(O)CCNC(=O)OCC2c3ccccc3-c3ccccc32)ccc1F.